The van der Waals surface area contributed by atoms with E-state index in [4.69, 9.17) is 29.7 Å². The Morgan fingerprint density at radius 2 is 1.20 bits per heavy atom. The molecule has 4 nitrogen and oxygen atoms in total. The molecule has 0 spiro atoms. The van der Waals surface area contributed by atoms with Crippen LogP contribution in [0.4, 0.5) is 17.1 Å². The number of aromatic nitrogens is 1. The Labute approximate surface area is 452 Å². The van der Waals surface area contributed by atoms with Crippen molar-refractivity contribution >= 4 is 17.1 Å². The van der Waals surface area contributed by atoms with E-state index < -0.39 is 86.3 Å². The van der Waals surface area contributed by atoms with Crippen LogP contribution in [0.25, 0.3) is 61.5 Å². The van der Waals surface area contributed by atoms with Crippen molar-refractivity contribution in [2.75, 3.05) is 4.90 Å². The van der Waals surface area contributed by atoms with Crippen LogP contribution in [0.5, 0.6) is 5.75 Å². The molecule has 0 atom stereocenters. The molecule has 0 saturated heterocycles. The van der Waals surface area contributed by atoms with Gasteiger partial charge in [-0.05, 0) is 103 Å². The average molecular weight is 1110 g/mol. The van der Waals surface area contributed by atoms with Crippen LogP contribution < -0.4 is 4.90 Å². The van der Waals surface area contributed by atoms with Gasteiger partial charge in [0.25, 0.3) is 0 Å². The third-order valence-electron chi connectivity index (χ3n) is 12.2. The Balaban J connectivity index is 0.0000108. The van der Waals surface area contributed by atoms with Crippen molar-refractivity contribution in [1.82, 2.24) is 4.98 Å². The van der Waals surface area contributed by atoms with Crippen LogP contribution in [-0.2, 0) is 50.3 Å². The summed E-state index contributed by atoms with van der Waals surface area (Å²) in [4.78, 5) is 6.30. The number of hydrogen-bond acceptors (Lipinski definition) is 3. The van der Waals surface area contributed by atoms with Crippen molar-refractivity contribution in [3.05, 3.63) is 204 Å². The van der Waals surface area contributed by atoms with Crippen molar-refractivity contribution < 1.29 is 50.8 Å². The Bertz CT molecular complexity index is 3660. The van der Waals surface area contributed by atoms with Crippen molar-refractivity contribution in [1.29, 1.82) is 0 Å². The van der Waals surface area contributed by atoms with Gasteiger partial charge in [-0.2, -0.15) is 0 Å². The van der Waals surface area contributed by atoms with Crippen LogP contribution in [0, 0.1) is 12.0 Å². The van der Waals surface area contributed by atoms with Crippen LogP contribution in [0.1, 0.15) is 128 Å². The standard InChI is InChI=1S/C64H67N3O.Pt/c1-42(2)33-43-25-30-58(55(34-43)47-21-16-13-17-22-47)67(41-51-38-53(63(6,7)8)40-56(61(51)68)64(9,10)11)59-24-18-23-54(60(59)65)49-35-50(37-52(36-49)62(3,4)5)57-39-48(31-32-66-57)46-28-26-45(27-29-46)44-19-14-12-15-20-44;/h12-32,34,36-40,42,65,68H,33,41H2,1-11H3;/q-2;+2/i6D3,7D3,8D3,9D3,10D3,11D3;. The van der Waals surface area contributed by atoms with Crippen LogP contribution in [0.3, 0.4) is 0 Å². The van der Waals surface area contributed by atoms with E-state index in [1.54, 1.807) is 48.7 Å². The third kappa shape index (κ3) is 11.5. The number of benzene rings is 7. The molecule has 5 heteroatoms. The molecule has 0 aliphatic heterocycles. The zero-order valence-corrected chi connectivity index (χ0v) is 41.5. The van der Waals surface area contributed by atoms with E-state index >= 15 is 0 Å². The molecule has 1 aromatic heterocycles. The zero-order chi connectivity index (χ0) is 63.5. The van der Waals surface area contributed by atoms with Gasteiger partial charge in [0.2, 0.25) is 0 Å². The fraction of sp³-hybridized carbons (Fsp3) is 0.266. The summed E-state index contributed by atoms with van der Waals surface area (Å²) in [7, 11) is 0. The first-order chi connectivity index (χ1) is 39.7. The number of hydrogen-bond donors (Lipinski definition) is 1. The minimum atomic E-state index is -4.11. The van der Waals surface area contributed by atoms with Crippen molar-refractivity contribution in [3.63, 3.8) is 0 Å². The van der Waals surface area contributed by atoms with Crippen LogP contribution in [-0.4, -0.2) is 10.1 Å². The molecule has 354 valence electrons. The molecule has 8 rings (SSSR count). The monoisotopic (exact) mass is 1110 g/mol. The molecule has 0 fully saturated rings. The molecule has 0 saturated carbocycles. The molecular formula is C64H67N3OPt. The molecule has 0 unspecified atom stereocenters. The molecule has 0 bridgehead atoms. The average Bonchev–Trinajstić information content (AvgIpc) is 0.694. The van der Waals surface area contributed by atoms with Gasteiger partial charge in [0.1, 0.15) is 5.75 Å². The number of aromatic hydroxyl groups is 1. The molecule has 0 amide bonds. The Morgan fingerprint density at radius 1 is 0.594 bits per heavy atom. The quantitative estimate of drug-likeness (QED) is 0.131. The van der Waals surface area contributed by atoms with Crippen LogP contribution in [0.2, 0.25) is 0 Å². The van der Waals surface area contributed by atoms with Crippen molar-refractivity contribution in [2.24, 2.45) is 5.92 Å². The predicted octanol–water partition coefficient (Wildman–Crippen LogP) is 18.0. The van der Waals surface area contributed by atoms with E-state index in [0.717, 1.165) is 39.4 Å². The number of pyridine rings is 1. The van der Waals surface area contributed by atoms with Gasteiger partial charge < -0.3 is 15.7 Å². The number of nitrogens with zero attached hydrogens (tertiary/aromatic N) is 2. The summed E-state index contributed by atoms with van der Waals surface area (Å²) in [5, 5.41) is 12.8. The van der Waals surface area contributed by atoms with Gasteiger partial charge in [-0.15, -0.1) is 35.0 Å². The van der Waals surface area contributed by atoms with E-state index in [-0.39, 0.29) is 38.4 Å². The van der Waals surface area contributed by atoms with Gasteiger partial charge >= 0.3 is 21.1 Å². The molecule has 0 aliphatic rings. The molecule has 1 heterocycles. The van der Waals surface area contributed by atoms with Gasteiger partial charge in [-0.1, -0.05) is 202 Å². The molecule has 0 radical (unpaired) electrons. The van der Waals surface area contributed by atoms with E-state index in [2.05, 4.69) is 18.2 Å². The van der Waals surface area contributed by atoms with Gasteiger partial charge in [-0.3, -0.25) is 4.98 Å². The van der Waals surface area contributed by atoms with Crippen LogP contribution in [0.15, 0.2) is 164 Å². The zero-order valence-electron chi connectivity index (χ0n) is 57.2. The fourth-order valence-corrected chi connectivity index (χ4v) is 8.57. The van der Waals surface area contributed by atoms with Crippen molar-refractivity contribution in [2.45, 2.75) is 105 Å². The smallest absolute Gasteiger partial charge is 0.703 e. The summed E-state index contributed by atoms with van der Waals surface area (Å²) in [6.45, 7) is -15.1. The maximum atomic E-state index is 12.8. The second kappa shape index (κ2) is 20.4. The topological polar surface area (TPSA) is 60.2 Å². The summed E-state index contributed by atoms with van der Waals surface area (Å²) in [6.07, 6.45) is 2.32. The summed E-state index contributed by atoms with van der Waals surface area (Å²) in [6, 6.07) is 50.1. The molecule has 7 aromatic carbocycles. The second-order valence-corrected chi connectivity index (χ2v) is 19.0. The fourth-order valence-electron chi connectivity index (χ4n) is 8.57. The normalized spacial score (nSPS) is 16.9. The van der Waals surface area contributed by atoms with E-state index in [0.29, 0.717) is 51.7 Å². The molecule has 69 heavy (non-hydrogen) atoms. The van der Waals surface area contributed by atoms with Gasteiger partial charge in [-0.25, -0.2) is 0 Å². The second-order valence-electron chi connectivity index (χ2n) is 19.0. The number of anilines is 2. The summed E-state index contributed by atoms with van der Waals surface area (Å²) in [5.74, 6) is -1.13. The van der Waals surface area contributed by atoms with E-state index in [1.165, 1.54) is 4.90 Å². The first kappa shape index (κ1) is 31.8. The van der Waals surface area contributed by atoms with Gasteiger partial charge in [0, 0.05) is 59.1 Å². The maximum absolute atomic E-state index is 12.8. The maximum Gasteiger partial charge on any atom is 2.00 e. The van der Waals surface area contributed by atoms with Gasteiger partial charge in [0.05, 0.1) is 6.54 Å². The first-order valence-electron chi connectivity index (χ1n) is 31.6. The molecule has 0 aliphatic carbocycles. The number of nitrogens with one attached hydrogen (secondary N) is 1. The SMILES string of the molecule is [2H]C([2H])([2H])C(c1cc(CN(c2ccc(CC(C)C)cc2-c2ccccc2)c2cccc(-c3[c-]c(-c4cc(-c5ccc(-c6ccccc6)cc5)ccn4)cc(C(C)(C)C)c3)c2[NH-])c(O)c(C(C([2H])([2H])[2H])(C([2H])([2H])[2H])C([2H])([2H])[2H])c1)(C([2H])([2H])[2H])C([2H])([2H])[2H].[Pt+2]. The molecule has 8 aromatic rings. The Hall–Kier alpha value is -6.22. The van der Waals surface area contributed by atoms with Crippen LogP contribution >= 0.6 is 0 Å². The first-order valence-corrected chi connectivity index (χ1v) is 22.6. The molecular weight excluding hydrogens is 1020 g/mol. The van der Waals surface area contributed by atoms with Gasteiger partial charge in [0.15, 0.2) is 0 Å². The largest absolute Gasteiger partial charge is 2.00 e. The summed E-state index contributed by atoms with van der Waals surface area (Å²) in [5.41, 5.74) is 7.47. The third-order valence-corrected chi connectivity index (χ3v) is 12.2. The van der Waals surface area contributed by atoms with Crippen molar-refractivity contribution in [3.8, 4) is 61.5 Å². The summed E-state index contributed by atoms with van der Waals surface area (Å²) < 4.78 is 157. The molecule has 2 N–H and O–H groups in total. The number of phenolic OH excluding ortho intramolecular Hbond substituents is 1. The minimum Gasteiger partial charge on any atom is -0.703 e. The Morgan fingerprint density at radius 3 is 1.84 bits per heavy atom. The number of rotatable bonds is 11. The minimum absolute atomic E-state index is 0. The van der Waals surface area contributed by atoms with E-state index in [9.17, 15) is 10.8 Å². The Kier molecular flexibility index (Phi) is 9.40. The predicted molar refractivity (Wildman–Crippen MR) is 289 cm³/mol. The van der Waals surface area contributed by atoms with E-state index in [1.807, 2.05) is 126 Å². The number of phenols is 1. The summed E-state index contributed by atoms with van der Waals surface area (Å²) >= 11 is 0.